The monoisotopic (exact) mass is 436 g/mol. The SMILES string of the molecule is Cc1cc(Nc2nn(-c3ccc(NC(=O)c4ccccc4)cc3)c(=O)c3ccccc23)n[nH]1. The van der Waals surface area contributed by atoms with Gasteiger partial charge in [0, 0.05) is 28.4 Å². The topological polar surface area (TPSA) is 105 Å². The molecule has 0 fully saturated rings. The Morgan fingerprint density at radius 1 is 0.909 bits per heavy atom. The van der Waals surface area contributed by atoms with Crippen molar-refractivity contribution in [1.29, 1.82) is 0 Å². The minimum atomic E-state index is -0.240. The number of hydrogen-bond acceptors (Lipinski definition) is 5. The number of H-pyrrole nitrogens is 1. The number of anilines is 3. The van der Waals surface area contributed by atoms with Crippen LogP contribution in [0.2, 0.25) is 0 Å². The van der Waals surface area contributed by atoms with Crippen molar-refractivity contribution < 1.29 is 4.79 Å². The number of hydrogen-bond donors (Lipinski definition) is 3. The van der Waals surface area contributed by atoms with Crippen molar-refractivity contribution in [3.05, 3.63) is 107 Å². The smallest absolute Gasteiger partial charge is 0.279 e. The van der Waals surface area contributed by atoms with Crippen molar-refractivity contribution in [2.45, 2.75) is 6.92 Å². The van der Waals surface area contributed by atoms with Crippen LogP contribution in [0, 0.1) is 6.92 Å². The Bertz CT molecular complexity index is 1500. The second-order valence-electron chi connectivity index (χ2n) is 7.54. The van der Waals surface area contributed by atoms with Crippen LogP contribution in [0.1, 0.15) is 16.1 Å². The van der Waals surface area contributed by atoms with Gasteiger partial charge in [0.05, 0.1) is 11.1 Å². The van der Waals surface area contributed by atoms with Crippen molar-refractivity contribution in [1.82, 2.24) is 20.0 Å². The lowest BCUT2D eigenvalue weighted by Gasteiger charge is -2.12. The summed E-state index contributed by atoms with van der Waals surface area (Å²) in [6.07, 6.45) is 0. The molecule has 1 amide bonds. The molecule has 5 rings (SSSR count). The molecule has 3 N–H and O–H groups in total. The highest BCUT2D eigenvalue weighted by atomic mass is 16.1. The molecule has 0 aliphatic heterocycles. The van der Waals surface area contributed by atoms with Crippen molar-refractivity contribution in [3.8, 4) is 5.69 Å². The first kappa shape index (κ1) is 20.2. The highest BCUT2D eigenvalue weighted by Crippen LogP contribution is 2.23. The van der Waals surface area contributed by atoms with E-state index in [0.717, 1.165) is 5.69 Å². The Kier molecular flexibility index (Phi) is 5.16. The van der Waals surface area contributed by atoms with Crippen LogP contribution in [0.15, 0.2) is 89.7 Å². The number of carbonyl (C=O) groups is 1. The Balaban J connectivity index is 1.49. The van der Waals surface area contributed by atoms with Gasteiger partial charge in [0.1, 0.15) is 0 Å². The van der Waals surface area contributed by atoms with E-state index in [2.05, 4.69) is 25.9 Å². The number of amides is 1. The molecule has 0 saturated heterocycles. The number of nitrogens with zero attached hydrogens (tertiary/aromatic N) is 3. The first-order valence-corrected chi connectivity index (χ1v) is 10.4. The molecule has 2 heterocycles. The number of carbonyl (C=O) groups excluding carboxylic acids is 1. The number of fused-ring (bicyclic) bond motifs is 1. The highest BCUT2D eigenvalue weighted by Gasteiger charge is 2.13. The van der Waals surface area contributed by atoms with E-state index >= 15 is 0 Å². The van der Waals surface area contributed by atoms with Crippen molar-refractivity contribution >= 4 is 34.0 Å². The lowest BCUT2D eigenvalue weighted by molar-refractivity contribution is 0.102. The summed E-state index contributed by atoms with van der Waals surface area (Å²) in [7, 11) is 0. The van der Waals surface area contributed by atoms with Crippen molar-refractivity contribution in [3.63, 3.8) is 0 Å². The molecule has 33 heavy (non-hydrogen) atoms. The standard InChI is InChI=1S/C25H20N6O2/c1-16-15-22(29-28-16)27-23-20-9-5-6-10-21(20)25(33)31(30-23)19-13-11-18(12-14-19)26-24(32)17-7-3-2-4-8-17/h2-15H,1H3,(H,26,32)(H2,27,28,29,30). The fourth-order valence-electron chi connectivity index (χ4n) is 3.54. The lowest BCUT2D eigenvalue weighted by Crippen LogP contribution is -2.22. The van der Waals surface area contributed by atoms with Gasteiger partial charge < -0.3 is 10.6 Å². The van der Waals surface area contributed by atoms with Crippen LogP contribution in [-0.4, -0.2) is 25.9 Å². The van der Waals surface area contributed by atoms with Gasteiger partial charge in [0.25, 0.3) is 11.5 Å². The maximum absolute atomic E-state index is 13.2. The van der Waals surface area contributed by atoms with E-state index in [0.29, 0.717) is 39.3 Å². The summed E-state index contributed by atoms with van der Waals surface area (Å²) in [5.41, 5.74) is 2.42. The van der Waals surface area contributed by atoms with Gasteiger partial charge in [-0.05, 0) is 49.4 Å². The zero-order chi connectivity index (χ0) is 22.8. The third kappa shape index (κ3) is 4.09. The van der Waals surface area contributed by atoms with Crippen LogP contribution in [0.5, 0.6) is 0 Å². The largest absolute Gasteiger partial charge is 0.322 e. The summed E-state index contributed by atoms with van der Waals surface area (Å²) in [6, 6.07) is 25.1. The maximum Gasteiger partial charge on any atom is 0.279 e. The molecule has 2 aromatic heterocycles. The first-order valence-electron chi connectivity index (χ1n) is 10.4. The van der Waals surface area contributed by atoms with Crippen LogP contribution in [-0.2, 0) is 0 Å². The number of aryl methyl sites for hydroxylation is 1. The normalized spacial score (nSPS) is 10.8. The number of nitrogens with one attached hydrogen (secondary N) is 3. The van der Waals surface area contributed by atoms with E-state index in [1.54, 1.807) is 42.5 Å². The molecular weight excluding hydrogens is 416 g/mol. The quantitative estimate of drug-likeness (QED) is 0.378. The van der Waals surface area contributed by atoms with Crippen LogP contribution < -0.4 is 16.2 Å². The molecule has 8 heteroatoms. The predicted octanol–water partition coefficient (Wildman–Crippen LogP) is 4.41. The summed E-state index contributed by atoms with van der Waals surface area (Å²) in [6.45, 7) is 1.91. The zero-order valence-electron chi connectivity index (χ0n) is 17.7. The molecule has 5 aromatic rings. The van der Waals surface area contributed by atoms with Gasteiger partial charge in [-0.3, -0.25) is 14.7 Å². The number of rotatable bonds is 5. The third-order valence-electron chi connectivity index (χ3n) is 5.16. The molecule has 8 nitrogen and oxygen atoms in total. The second-order valence-corrected chi connectivity index (χ2v) is 7.54. The van der Waals surface area contributed by atoms with Crippen LogP contribution >= 0.6 is 0 Å². The predicted molar refractivity (Wildman–Crippen MR) is 128 cm³/mol. The second kappa shape index (κ2) is 8.43. The number of aromatic nitrogens is 4. The van der Waals surface area contributed by atoms with Gasteiger partial charge >= 0.3 is 0 Å². The molecule has 0 bridgehead atoms. The molecule has 3 aromatic carbocycles. The summed E-state index contributed by atoms with van der Waals surface area (Å²) < 4.78 is 1.34. The van der Waals surface area contributed by atoms with E-state index in [9.17, 15) is 9.59 Å². The summed E-state index contributed by atoms with van der Waals surface area (Å²) >= 11 is 0. The van der Waals surface area contributed by atoms with Crippen LogP contribution in [0.3, 0.4) is 0 Å². The molecule has 162 valence electrons. The zero-order valence-corrected chi connectivity index (χ0v) is 17.7. The summed E-state index contributed by atoms with van der Waals surface area (Å²) in [4.78, 5) is 25.6. The lowest BCUT2D eigenvalue weighted by atomic mass is 10.2. The summed E-state index contributed by atoms with van der Waals surface area (Å²) in [5.74, 6) is 0.914. The van der Waals surface area contributed by atoms with Gasteiger partial charge in [0.15, 0.2) is 11.6 Å². The average molecular weight is 436 g/mol. The van der Waals surface area contributed by atoms with Gasteiger partial charge in [-0.15, -0.1) is 5.10 Å². The molecule has 0 aliphatic carbocycles. The minimum Gasteiger partial charge on any atom is -0.322 e. The first-order chi connectivity index (χ1) is 16.1. The Morgan fingerprint density at radius 2 is 1.61 bits per heavy atom. The van der Waals surface area contributed by atoms with Crippen molar-refractivity contribution in [2.24, 2.45) is 0 Å². The molecule has 0 radical (unpaired) electrons. The molecule has 0 saturated carbocycles. The van der Waals surface area contributed by atoms with Gasteiger partial charge in [-0.25, -0.2) is 0 Å². The summed E-state index contributed by atoms with van der Waals surface area (Å²) in [5, 5.41) is 18.9. The van der Waals surface area contributed by atoms with Gasteiger partial charge in [-0.2, -0.15) is 9.78 Å². The van der Waals surface area contributed by atoms with Crippen LogP contribution in [0.4, 0.5) is 17.3 Å². The van der Waals surface area contributed by atoms with Crippen molar-refractivity contribution in [2.75, 3.05) is 10.6 Å². The fraction of sp³-hybridized carbons (Fsp3) is 0.0400. The van der Waals surface area contributed by atoms with E-state index in [1.165, 1.54) is 4.68 Å². The molecule has 0 aliphatic rings. The van der Waals surface area contributed by atoms with E-state index in [4.69, 9.17) is 0 Å². The number of benzene rings is 3. The molecule has 0 unspecified atom stereocenters. The van der Waals surface area contributed by atoms with Gasteiger partial charge in [-0.1, -0.05) is 36.4 Å². The maximum atomic E-state index is 13.2. The molecular formula is C25H20N6O2. The minimum absolute atomic E-state index is 0.204. The Morgan fingerprint density at radius 3 is 2.30 bits per heavy atom. The fourth-order valence-corrected chi connectivity index (χ4v) is 3.54. The molecule has 0 spiro atoms. The van der Waals surface area contributed by atoms with Gasteiger partial charge in [0.2, 0.25) is 0 Å². The van der Waals surface area contributed by atoms with Crippen LogP contribution in [0.25, 0.3) is 16.5 Å². The molecule has 0 atom stereocenters. The number of aromatic amines is 1. The highest BCUT2D eigenvalue weighted by molar-refractivity contribution is 6.04. The van der Waals surface area contributed by atoms with E-state index in [-0.39, 0.29) is 11.5 Å². The Hall–Kier alpha value is -4.72. The van der Waals surface area contributed by atoms with E-state index in [1.807, 2.05) is 49.4 Å². The third-order valence-corrected chi connectivity index (χ3v) is 5.16. The Labute approximate surface area is 188 Å². The van der Waals surface area contributed by atoms with E-state index < -0.39 is 0 Å². The average Bonchev–Trinajstić information content (AvgIpc) is 3.26.